The van der Waals surface area contributed by atoms with Crippen LogP contribution in [0.3, 0.4) is 0 Å². The second-order valence-corrected chi connectivity index (χ2v) is 7.30. The Morgan fingerprint density at radius 3 is 2.72 bits per heavy atom. The molecule has 1 aromatic heterocycles. The van der Waals surface area contributed by atoms with Crippen LogP contribution in [0.1, 0.15) is 32.4 Å². The molecule has 0 aliphatic rings. The van der Waals surface area contributed by atoms with E-state index in [1.54, 1.807) is 19.4 Å². The summed E-state index contributed by atoms with van der Waals surface area (Å²) in [6.45, 7) is 6.17. The number of methoxy groups -OCH3 is 1. The molecular weight excluding hydrogens is 272 g/mol. The minimum atomic E-state index is -1.17. The summed E-state index contributed by atoms with van der Waals surface area (Å²) in [4.78, 5) is 3.93. The van der Waals surface area contributed by atoms with E-state index in [0.717, 1.165) is 5.56 Å². The normalized spacial score (nSPS) is 15.4. The van der Waals surface area contributed by atoms with E-state index in [4.69, 9.17) is 16.3 Å². The number of hydrogen-bond donors (Lipinski definition) is 1. The molecule has 0 radical (unpaired) electrons. The van der Waals surface area contributed by atoms with Gasteiger partial charge in [-0.15, -0.1) is 0 Å². The lowest BCUT2D eigenvalue weighted by molar-refractivity contribution is 0.176. The van der Waals surface area contributed by atoms with Crippen molar-refractivity contribution in [3.8, 4) is 0 Å². The monoisotopic (exact) mass is 290 g/mol. The van der Waals surface area contributed by atoms with Crippen LogP contribution in [0.15, 0.2) is 18.3 Å². The number of aromatic nitrogens is 1. The summed E-state index contributed by atoms with van der Waals surface area (Å²) in [5.74, 6) is 0. The molecular formula is C12H19ClN2O2S. The van der Waals surface area contributed by atoms with Gasteiger partial charge in [0, 0.05) is 13.3 Å². The predicted molar refractivity (Wildman–Crippen MR) is 74.9 cm³/mol. The molecule has 2 atom stereocenters. The number of pyridine rings is 1. The first-order chi connectivity index (χ1) is 8.34. The average Bonchev–Trinajstić information content (AvgIpc) is 2.27. The predicted octanol–water partition coefficient (Wildman–Crippen LogP) is 2.47. The van der Waals surface area contributed by atoms with Gasteiger partial charge < -0.3 is 4.74 Å². The first kappa shape index (κ1) is 15.6. The zero-order chi connectivity index (χ0) is 13.8. The summed E-state index contributed by atoms with van der Waals surface area (Å²) in [5, 5.41) is 0.414. The highest BCUT2D eigenvalue weighted by atomic mass is 35.5. The number of rotatable bonds is 5. The van der Waals surface area contributed by atoms with Crippen LogP contribution in [0.4, 0.5) is 0 Å². The van der Waals surface area contributed by atoms with Gasteiger partial charge in [0.05, 0.1) is 28.4 Å². The zero-order valence-electron chi connectivity index (χ0n) is 11.1. The van der Waals surface area contributed by atoms with Gasteiger partial charge in [-0.1, -0.05) is 11.6 Å². The van der Waals surface area contributed by atoms with Crippen LogP contribution in [0.25, 0.3) is 0 Å². The van der Waals surface area contributed by atoms with Crippen molar-refractivity contribution in [2.24, 2.45) is 0 Å². The molecule has 6 heteroatoms. The number of ether oxygens (including phenoxy) is 1. The second kappa shape index (κ2) is 6.61. The van der Waals surface area contributed by atoms with E-state index in [-0.39, 0.29) is 10.8 Å². The van der Waals surface area contributed by atoms with Crippen LogP contribution < -0.4 is 4.72 Å². The van der Waals surface area contributed by atoms with E-state index < -0.39 is 11.0 Å². The summed E-state index contributed by atoms with van der Waals surface area (Å²) >= 11 is 5.86. The fourth-order valence-electron chi connectivity index (χ4n) is 1.31. The van der Waals surface area contributed by atoms with Crippen molar-refractivity contribution in [1.82, 2.24) is 9.71 Å². The van der Waals surface area contributed by atoms with Crippen LogP contribution >= 0.6 is 11.6 Å². The quantitative estimate of drug-likeness (QED) is 0.848. The number of nitrogens with zero attached hydrogens (tertiary/aromatic N) is 1. The second-order valence-electron chi connectivity index (χ2n) is 4.92. The molecule has 0 aliphatic carbocycles. The van der Waals surface area contributed by atoms with Crippen molar-refractivity contribution in [3.05, 3.63) is 29.0 Å². The van der Waals surface area contributed by atoms with E-state index in [0.29, 0.717) is 11.8 Å². The van der Waals surface area contributed by atoms with E-state index in [2.05, 4.69) is 9.71 Å². The average molecular weight is 291 g/mol. The largest absolute Gasteiger partial charge is 0.383 e. The SMILES string of the molecule is COC[C@@H](N[S@](=O)C(C)(C)C)c1ccnc(Cl)c1. The van der Waals surface area contributed by atoms with Crippen molar-refractivity contribution in [2.75, 3.05) is 13.7 Å². The Labute approximate surface area is 116 Å². The molecule has 102 valence electrons. The molecule has 0 aromatic carbocycles. The topological polar surface area (TPSA) is 51.2 Å². The number of hydrogen-bond acceptors (Lipinski definition) is 3. The van der Waals surface area contributed by atoms with Gasteiger partial charge in [0.1, 0.15) is 5.15 Å². The molecule has 0 saturated carbocycles. The van der Waals surface area contributed by atoms with Crippen LogP contribution in [0.2, 0.25) is 5.15 Å². The van der Waals surface area contributed by atoms with Gasteiger partial charge >= 0.3 is 0 Å². The fraction of sp³-hybridized carbons (Fsp3) is 0.583. The minimum Gasteiger partial charge on any atom is -0.383 e. The van der Waals surface area contributed by atoms with Crippen molar-refractivity contribution in [2.45, 2.75) is 31.6 Å². The van der Waals surface area contributed by atoms with Crippen molar-refractivity contribution < 1.29 is 8.95 Å². The molecule has 18 heavy (non-hydrogen) atoms. The molecule has 0 unspecified atom stereocenters. The highest BCUT2D eigenvalue weighted by Crippen LogP contribution is 2.19. The molecule has 1 rings (SSSR count). The van der Waals surface area contributed by atoms with Gasteiger partial charge in [0.2, 0.25) is 0 Å². The van der Waals surface area contributed by atoms with Crippen LogP contribution in [0.5, 0.6) is 0 Å². The molecule has 0 spiro atoms. The Hall–Kier alpha value is -0.490. The zero-order valence-corrected chi connectivity index (χ0v) is 12.6. The molecule has 0 aliphatic heterocycles. The van der Waals surface area contributed by atoms with Crippen LogP contribution in [-0.2, 0) is 15.7 Å². The molecule has 0 amide bonds. The minimum absolute atomic E-state index is 0.171. The Bertz CT molecular complexity index is 421. The maximum absolute atomic E-state index is 12.1. The molecule has 0 bridgehead atoms. The Morgan fingerprint density at radius 2 is 2.22 bits per heavy atom. The van der Waals surface area contributed by atoms with Gasteiger partial charge in [-0.25, -0.2) is 13.9 Å². The molecule has 0 fully saturated rings. The van der Waals surface area contributed by atoms with Gasteiger partial charge in [-0.05, 0) is 38.5 Å². The third kappa shape index (κ3) is 4.65. The summed E-state index contributed by atoms with van der Waals surface area (Å²) in [7, 11) is 0.439. The standard InChI is InChI=1S/C12H19ClN2O2S/c1-12(2,3)18(16)15-10(8-17-4)9-5-6-14-11(13)7-9/h5-7,10,15H,8H2,1-4H3/t10-,18-/m1/s1. The van der Waals surface area contributed by atoms with Gasteiger partial charge in [0.15, 0.2) is 0 Å². The van der Waals surface area contributed by atoms with Crippen LogP contribution in [-0.4, -0.2) is 27.7 Å². The van der Waals surface area contributed by atoms with Crippen molar-refractivity contribution >= 4 is 22.6 Å². The van der Waals surface area contributed by atoms with E-state index in [1.165, 1.54) is 0 Å². The molecule has 4 nitrogen and oxygen atoms in total. The van der Waals surface area contributed by atoms with E-state index in [1.807, 2.05) is 26.8 Å². The smallest absolute Gasteiger partial charge is 0.129 e. The molecule has 1 heterocycles. The summed E-state index contributed by atoms with van der Waals surface area (Å²) in [6.07, 6.45) is 1.63. The maximum Gasteiger partial charge on any atom is 0.129 e. The number of halogens is 1. The lowest BCUT2D eigenvalue weighted by Gasteiger charge is -2.24. The highest BCUT2D eigenvalue weighted by Gasteiger charge is 2.23. The Kier molecular flexibility index (Phi) is 5.72. The van der Waals surface area contributed by atoms with Crippen LogP contribution in [0, 0.1) is 0 Å². The van der Waals surface area contributed by atoms with E-state index >= 15 is 0 Å². The molecule has 1 N–H and O–H groups in total. The molecule has 1 aromatic rings. The number of nitrogens with one attached hydrogen (secondary N) is 1. The summed E-state index contributed by atoms with van der Waals surface area (Å²) in [6, 6.07) is 3.41. The fourth-order valence-corrected chi connectivity index (χ4v) is 2.30. The van der Waals surface area contributed by atoms with E-state index in [9.17, 15) is 4.21 Å². The third-order valence-corrected chi connectivity index (χ3v) is 4.11. The Balaban J connectivity index is 2.87. The maximum atomic E-state index is 12.1. The first-order valence-electron chi connectivity index (χ1n) is 5.63. The third-order valence-electron chi connectivity index (χ3n) is 2.29. The van der Waals surface area contributed by atoms with Gasteiger partial charge in [-0.3, -0.25) is 0 Å². The molecule has 0 saturated heterocycles. The lowest BCUT2D eigenvalue weighted by atomic mass is 10.1. The van der Waals surface area contributed by atoms with Crippen molar-refractivity contribution in [3.63, 3.8) is 0 Å². The Morgan fingerprint density at radius 1 is 1.56 bits per heavy atom. The highest BCUT2D eigenvalue weighted by molar-refractivity contribution is 7.84. The van der Waals surface area contributed by atoms with Crippen molar-refractivity contribution in [1.29, 1.82) is 0 Å². The summed E-state index contributed by atoms with van der Waals surface area (Å²) in [5.41, 5.74) is 0.912. The van der Waals surface area contributed by atoms with Gasteiger partial charge in [0.25, 0.3) is 0 Å². The van der Waals surface area contributed by atoms with Gasteiger partial charge in [-0.2, -0.15) is 0 Å². The first-order valence-corrected chi connectivity index (χ1v) is 7.16. The lowest BCUT2D eigenvalue weighted by Crippen LogP contribution is -2.37. The summed E-state index contributed by atoms with van der Waals surface area (Å²) < 4.78 is 20.0.